The van der Waals surface area contributed by atoms with Crippen molar-refractivity contribution in [1.82, 2.24) is 4.57 Å². The van der Waals surface area contributed by atoms with E-state index in [2.05, 4.69) is 10.6 Å². The second-order valence-corrected chi connectivity index (χ2v) is 7.34. The van der Waals surface area contributed by atoms with Crippen LogP contribution in [0, 0.1) is 13.8 Å². The molecule has 1 amide bonds. The first-order valence-corrected chi connectivity index (χ1v) is 9.83. The number of hydrogen-bond donors (Lipinski definition) is 2. The average molecular weight is 397 g/mol. The van der Waals surface area contributed by atoms with Crippen molar-refractivity contribution in [2.24, 2.45) is 0 Å². The van der Waals surface area contributed by atoms with Crippen LogP contribution < -0.4 is 16.2 Å². The fourth-order valence-electron chi connectivity index (χ4n) is 3.61. The van der Waals surface area contributed by atoms with Crippen LogP contribution in [0.2, 0.25) is 0 Å². The van der Waals surface area contributed by atoms with Gasteiger partial charge in [0.1, 0.15) is 6.54 Å². The van der Waals surface area contributed by atoms with E-state index >= 15 is 0 Å². The summed E-state index contributed by atoms with van der Waals surface area (Å²) >= 11 is 0. The molecule has 5 nitrogen and oxygen atoms in total. The first-order chi connectivity index (χ1) is 14.5. The van der Waals surface area contributed by atoms with Gasteiger partial charge in [0.25, 0.3) is 5.56 Å². The third-order valence-electron chi connectivity index (χ3n) is 5.07. The summed E-state index contributed by atoms with van der Waals surface area (Å²) in [6.07, 6.45) is 0. The van der Waals surface area contributed by atoms with Gasteiger partial charge in [0.05, 0.1) is 5.52 Å². The second-order valence-electron chi connectivity index (χ2n) is 7.34. The first-order valence-electron chi connectivity index (χ1n) is 9.83. The van der Waals surface area contributed by atoms with Crippen LogP contribution in [0.4, 0.5) is 17.1 Å². The van der Waals surface area contributed by atoms with E-state index in [1.807, 2.05) is 86.6 Å². The van der Waals surface area contributed by atoms with Crippen LogP contribution in [0.5, 0.6) is 0 Å². The summed E-state index contributed by atoms with van der Waals surface area (Å²) in [6, 6.07) is 24.8. The summed E-state index contributed by atoms with van der Waals surface area (Å²) in [5, 5.41) is 7.17. The zero-order valence-electron chi connectivity index (χ0n) is 17.0. The number of carbonyl (C=O) groups is 1. The molecule has 0 unspecified atom stereocenters. The lowest BCUT2D eigenvalue weighted by Gasteiger charge is -2.14. The molecule has 0 spiro atoms. The van der Waals surface area contributed by atoms with Crippen LogP contribution in [0.3, 0.4) is 0 Å². The van der Waals surface area contributed by atoms with E-state index in [1.54, 1.807) is 10.6 Å². The van der Waals surface area contributed by atoms with Gasteiger partial charge < -0.3 is 10.6 Å². The van der Waals surface area contributed by atoms with Crippen LogP contribution in [-0.4, -0.2) is 10.5 Å². The lowest BCUT2D eigenvalue weighted by Crippen LogP contribution is -2.28. The normalized spacial score (nSPS) is 10.7. The molecule has 3 aromatic carbocycles. The van der Waals surface area contributed by atoms with Gasteiger partial charge >= 0.3 is 0 Å². The SMILES string of the molecule is Cc1cc(=O)n(CC(=O)Nc2ccc(Nc3ccccc3)cc2)c2c(C)cccc12. The van der Waals surface area contributed by atoms with Crippen molar-refractivity contribution < 1.29 is 4.79 Å². The van der Waals surface area contributed by atoms with Gasteiger partial charge in [-0.3, -0.25) is 14.2 Å². The standard InChI is InChI=1S/C25H23N3O2/c1-17-7-6-10-22-18(2)15-24(30)28(25(17)22)16-23(29)27-21-13-11-20(12-14-21)26-19-8-4-3-5-9-19/h3-15,26H,16H2,1-2H3,(H,27,29). The Labute approximate surface area is 175 Å². The quantitative estimate of drug-likeness (QED) is 0.498. The smallest absolute Gasteiger partial charge is 0.251 e. The van der Waals surface area contributed by atoms with Crippen molar-refractivity contribution in [2.75, 3.05) is 10.6 Å². The van der Waals surface area contributed by atoms with E-state index < -0.39 is 0 Å². The number of fused-ring (bicyclic) bond motifs is 1. The maximum Gasteiger partial charge on any atom is 0.251 e. The predicted octanol–water partition coefficient (Wildman–Crippen LogP) is 5.00. The third kappa shape index (κ3) is 4.10. The van der Waals surface area contributed by atoms with Gasteiger partial charge in [-0.15, -0.1) is 0 Å². The van der Waals surface area contributed by atoms with Gasteiger partial charge in [-0.2, -0.15) is 0 Å². The molecule has 4 aromatic rings. The first kappa shape index (κ1) is 19.5. The van der Waals surface area contributed by atoms with Crippen LogP contribution in [0.25, 0.3) is 10.9 Å². The maximum atomic E-state index is 12.7. The van der Waals surface area contributed by atoms with Crippen LogP contribution >= 0.6 is 0 Å². The Bertz CT molecular complexity index is 1260. The molecule has 0 aliphatic rings. The summed E-state index contributed by atoms with van der Waals surface area (Å²) < 4.78 is 1.54. The van der Waals surface area contributed by atoms with E-state index in [0.29, 0.717) is 5.69 Å². The highest BCUT2D eigenvalue weighted by atomic mass is 16.2. The largest absolute Gasteiger partial charge is 0.356 e. The molecule has 5 heteroatoms. The monoisotopic (exact) mass is 397 g/mol. The van der Waals surface area contributed by atoms with Gasteiger partial charge in [0.15, 0.2) is 0 Å². The molecule has 0 bridgehead atoms. The number of amides is 1. The number of nitrogens with zero attached hydrogens (tertiary/aromatic N) is 1. The summed E-state index contributed by atoms with van der Waals surface area (Å²) in [5.74, 6) is -0.241. The highest BCUT2D eigenvalue weighted by Gasteiger charge is 2.12. The minimum Gasteiger partial charge on any atom is -0.356 e. The minimum atomic E-state index is -0.241. The molecule has 0 radical (unpaired) electrons. The van der Waals surface area contributed by atoms with Crippen molar-refractivity contribution in [3.05, 3.63) is 100 Å². The molecule has 0 atom stereocenters. The Balaban J connectivity index is 1.51. The number of pyridine rings is 1. The van der Waals surface area contributed by atoms with Crippen molar-refractivity contribution in [1.29, 1.82) is 0 Å². The molecule has 1 heterocycles. The van der Waals surface area contributed by atoms with Gasteiger partial charge in [-0.05, 0) is 61.4 Å². The Morgan fingerprint density at radius 2 is 1.47 bits per heavy atom. The summed E-state index contributed by atoms with van der Waals surface area (Å²) in [5.41, 5.74) is 5.12. The topological polar surface area (TPSA) is 63.1 Å². The fourth-order valence-corrected chi connectivity index (χ4v) is 3.61. The molecular weight excluding hydrogens is 374 g/mol. The second kappa shape index (κ2) is 8.25. The zero-order valence-corrected chi connectivity index (χ0v) is 17.0. The number of benzene rings is 3. The molecule has 0 aliphatic heterocycles. The highest BCUT2D eigenvalue weighted by molar-refractivity contribution is 5.93. The molecule has 30 heavy (non-hydrogen) atoms. The molecular formula is C25H23N3O2. The summed E-state index contributed by atoms with van der Waals surface area (Å²) in [7, 11) is 0. The van der Waals surface area contributed by atoms with Gasteiger partial charge in [-0.1, -0.05) is 36.4 Å². The summed E-state index contributed by atoms with van der Waals surface area (Å²) in [4.78, 5) is 25.3. The van der Waals surface area contributed by atoms with Crippen molar-refractivity contribution in [2.45, 2.75) is 20.4 Å². The number of hydrogen-bond acceptors (Lipinski definition) is 3. The molecule has 4 rings (SSSR count). The zero-order chi connectivity index (χ0) is 21.1. The van der Waals surface area contributed by atoms with Crippen molar-refractivity contribution >= 4 is 33.9 Å². The van der Waals surface area contributed by atoms with Gasteiger partial charge in [0.2, 0.25) is 5.91 Å². The van der Waals surface area contributed by atoms with E-state index in [-0.39, 0.29) is 18.0 Å². The number of para-hydroxylation sites is 2. The predicted molar refractivity (Wildman–Crippen MR) is 122 cm³/mol. The van der Waals surface area contributed by atoms with Gasteiger partial charge in [0, 0.05) is 28.5 Å². The lowest BCUT2D eigenvalue weighted by molar-refractivity contribution is -0.116. The highest BCUT2D eigenvalue weighted by Crippen LogP contribution is 2.21. The number of nitrogens with one attached hydrogen (secondary N) is 2. The Hall–Kier alpha value is -3.86. The maximum absolute atomic E-state index is 12.7. The van der Waals surface area contributed by atoms with Crippen LogP contribution in [-0.2, 0) is 11.3 Å². The molecule has 150 valence electrons. The number of aromatic nitrogens is 1. The minimum absolute atomic E-state index is 0.0372. The van der Waals surface area contributed by atoms with E-state index in [9.17, 15) is 9.59 Å². The Morgan fingerprint density at radius 3 is 2.20 bits per heavy atom. The Kier molecular flexibility index (Phi) is 5.35. The number of rotatable bonds is 5. The number of carbonyl (C=O) groups excluding carboxylic acids is 1. The third-order valence-corrected chi connectivity index (χ3v) is 5.07. The summed E-state index contributed by atoms with van der Waals surface area (Å²) in [6.45, 7) is 3.83. The van der Waals surface area contributed by atoms with Crippen LogP contribution in [0.15, 0.2) is 83.7 Å². The van der Waals surface area contributed by atoms with Crippen LogP contribution in [0.1, 0.15) is 11.1 Å². The number of aryl methyl sites for hydroxylation is 2. The Morgan fingerprint density at radius 1 is 0.800 bits per heavy atom. The molecule has 1 aromatic heterocycles. The average Bonchev–Trinajstić information content (AvgIpc) is 2.73. The van der Waals surface area contributed by atoms with E-state index in [4.69, 9.17) is 0 Å². The lowest BCUT2D eigenvalue weighted by atomic mass is 10.1. The molecule has 0 aliphatic carbocycles. The number of anilines is 3. The van der Waals surface area contributed by atoms with E-state index in [0.717, 1.165) is 33.4 Å². The molecule has 0 saturated heterocycles. The van der Waals surface area contributed by atoms with Crippen molar-refractivity contribution in [3.63, 3.8) is 0 Å². The molecule has 0 saturated carbocycles. The molecule has 2 N–H and O–H groups in total. The fraction of sp³-hybridized carbons (Fsp3) is 0.120. The van der Waals surface area contributed by atoms with E-state index in [1.165, 1.54) is 0 Å². The van der Waals surface area contributed by atoms with Crippen molar-refractivity contribution in [3.8, 4) is 0 Å². The molecule has 0 fully saturated rings. The van der Waals surface area contributed by atoms with Gasteiger partial charge in [-0.25, -0.2) is 0 Å².